The summed E-state index contributed by atoms with van der Waals surface area (Å²) in [5, 5.41) is 12.9. The minimum Gasteiger partial charge on any atom is -0.478 e. The SMILES string of the molecule is C=C(NC(=O)N1CC2(CCN(C(=O)OC)C2)c2cc(Cl)ccc21)S/C(=C\N)Oc1cccc(C(=O)O)c1. The van der Waals surface area contributed by atoms with Gasteiger partial charge in [0.2, 0.25) is 0 Å². The number of nitrogens with two attached hydrogens (primary N) is 1. The number of nitrogens with zero attached hydrogens (tertiary/aromatic N) is 2. The number of methoxy groups -OCH3 is 1. The summed E-state index contributed by atoms with van der Waals surface area (Å²) in [6.07, 6.45) is 1.43. The summed E-state index contributed by atoms with van der Waals surface area (Å²) in [5.41, 5.74) is 6.86. The summed E-state index contributed by atoms with van der Waals surface area (Å²) in [4.78, 5) is 39.9. The molecule has 12 heteroatoms. The third kappa shape index (κ3) is 5.47. The predicted molar refractivity (Wildman–Crippen MR) is 141 cm³/mol. The molecule has 2 heterocycles. The minimum atomic E-state index is -1.09. The number of ether oxygens (including phenoxy) is 2. The van der Waals surface area contributed by atoms with Crippen LogP contribution >= 0.6 is 23.4 Å². The number of carbonyl (C=O) groups is 3. The fraction of sp³-hybridized carbons (Fsp3) is 0.240. The van der Waals surface area contributed by atoms with Crippen LogP contribution < -0.4 is 20.7 Å². The number of carbonyl (C=O) groups excluding carboxylic acids is 2. The van der Waals surface area contributed by atoms with Crippen molar-refractivity contribution in [1.82, 2.24) is 10.2 Å². The zero-order valence-corrected chi connectivity index (χ0v) is 21.5. The Labute approximate surface area is 222 Å². The van der Waals surface area contributed by atoms with Gasteiger partial charge in [0, 0.05) is 42.0 Å². The highest BCUT2D eigenvalue weighted by molar-refractivity contribution is 8.06. The molecule has 0 radical (unpaired) electrons. The predicted octanol–water partition coefficient (Wildman–Crippen LogP) is 4.32. The maximum absolute atomic E-state index is 13.3. The van der Waals surface area contributed by atoms with E-state index in [0.717, 1.165) is 17.3 Å². The van der Waals surface area contributed by atoms with Crippen LogP contribution in [0.2, 0.25) is 5.02 Å². The van der Waals surface area contributed by atoms with E-state index < -0.39 is 23.5 Å². The van der Waals surface area contributed by atoms with Crippen LogP contribution in [0.4, 0.5) is 15.3 Å². The molecule has 0 aromatic heterocycles. The highest BCUT2D eigenvalue weighted by Crippen LogP contribution is 2.47. The molecule has 1 atom stereocenters. The van der Waals surface area contributed by atoms with Crippen molar-refractivity contribution in [2.75, 3.05) is 31.6 Å². The summed E-state index contributed by atoms with van der Waals surface area (Å²) in [7, 11) is 1.34. The molecular weight excluding hydrogens is 520 g/mol. The number of benzene rings is 2. The molecule has 4 rings (SSSR count). The molecule has 2 aromatic rings. The lowest BCUT2D eigenvalue weighted by Crippen LogP contribution is -2.43. The maximum Gasteiger partial charge on any atom is 0.409 e. The van der Waals surface area contributed by atoms with Gasteiger partial charge in [-0.2, -0.15) is 0 Å². The van der Waals surface area contributed by atoms with Gasteiger partial charge in [0.15, 0.2) is 5.09 Å². The first-order chi connectivity index (χ1) is 17.7. The van der Waals surface area contributed by atoms with E-state index in [9.17, 15) is 14.4 Å². The van der Waals surface area contributed by atoms with Gasteiger partial charge in [0.05, 0.1) is 17.7 Å². The van der Waals surface area contributed by atoms with Crippen molar-refractivity contribution in [2.24, 2.45) is 5.73 Å². The van der Waals surface area contributed by atoms with Crippen molar-refractivity contribution in [3.8, 4) is 5.75 Å². The maximum atomic E-state index is 13.3. The summed E-state index contributed by atoms with van der Waals surface area (Å²) in [6.45, 7) is 5.14. The van der Waals surface area contributed by atoms with E-state index in [1.807, 2.05) is 6.07 Å². The molecule has 1 unspecified atom stereocenters. The largest absolute Gasteiger partial charge is 0.478 e. The third-order valence-electron chi connectivity index (χ3n) is 6.22. The lowest BCUT2D eigenvalue weighted by molar-refractivity contribution is 0.0696. The van der Waals surface area contributed by atoms with E-state index in [4.69, 9.17) is 31.9 Å². The van der Waals surface area contributed by atoms with E-state index in [1.54, 1.807) is 34.1 Å². The molecule has 37 heavy (non-hydrogen) atoms. The number of urea groups is 1. The number of anilines is 1. The zero-order chi connectivity index (χ0) is 26.7. The molecule has 3 amide bonds. The van der Waals surface area contributed by atoms with E-state index >= 15 is 0 Å². The standard InChI is InChI=1S/C25H25ClN4O6S/c1-15(37-21(12-27)36-18-5-3-4-16(10-18)22(31)32)28-23(33)30-14-25(8-9-29(13-25)24(34)35-2)19-11-17(26)6-7-20(19)30/h3-7,10-12H,1,8-9,13-14,27H2,2H3,(H,28,33)(H,31,32)/b21-12-. The minimum absolute atomic E-state index is 0.0606. The van der Waals surface area contributed by atoms with Gasteiger partial charge in [-0.25, -0.2) is 14.4 Å². The number of rotatable bonds is 6. The Morgan fingerprint density at radius 2 is 2.03 bits per heavy atom. The summed E-state index contributed by atoms with van der Waals surface area (Å²) < 4.78 is 10.5. The normalized spacial score (nSPS) is 18.5. The molecule has 1 saturated heterocycles. The van der Waals surface area contributed by atoms with Crippen LogP contribution in [-0.4, -0.2) is 54.8 Å². The monoisotopic (exact) mass is 544 g/mol. The zero-order valence-electron chi connectivity index (χ0n) is 19.9. The highest BCUT2D eigenvalue weighted by Gasteiger charge is 2.50. The lowest BCUT2D eigenvalue weighted by atomic mass is 9.81. The number of nitrogens with one attached hydrogen (secondary N) is 1. The van der Waals surface area contributed by atoms with Crippen LogP contribution in [0.25, 0.3) is 0 Å². The number of carboxylic acids is 1. The Bertz CT molecular complexity index is 1300. The van der Waals surface area contributed by atoms with E-state index in [0.29, 0.717) is 36.8 Å². The average Bonchev–Trinajstić information content (AvgIpc) is 3.45. The Hall–Kier alpha value is -3.83. The van der Waals surface area contributed by atoms with Crippen molar-refractivity contribution < 1.29 is 29.0 Å². The highest BCUT2D eigenvalue weighted by atomic mass is 35.5. The molecule has 0 bridgehead atoms. The van der Waals surface area contributed by atoms with Crippen LogP contribution in [0.3, 0.4) is 0 Å². The second-order valence-corrected chi connectivity index (χ2v) is 10.1. The van der Waals surface area contributed by atoms with Crippen molar-refractivity contribution in [3.63, 3.8) is 0 Å². The second-order valence-electron chi connectivity index (χ2n) is 8.55. The second kappa shape index (κ2) is 10.7. The number of aromatic carboxylic acids is 1. The molecule has 4 N–H and O–H groups in total. The topological polar surface area (TPSA) is 134 Å². The summed E-state index contributed by atoms with van der Waals surface area (Å²) >= 11 is 7.26. The molecule has 1 fully saturated rings. The first-order valence-corrected chi connectivity index (χ1v) is 12.4. The number of fused-ring (bicyclic) bond motifs is 2. The number of amides is 3. The van der Waals surface area contributed by atoms with Crippen molar-refractivity contribution >= 4 is 47.1 Å². The van der Waals surface area contributed by atoms with Gasteiger partial charge in [-0.05, 0) is 60.1 Å². The van der Waals surface area contributed by atoms with Gasteiger partial charge in [-0.15, -0.1) is 0 Å². The van der Waals surface area contributed by atoms with Gasteiger partial charge in [-0.1, -0.05) is 24.2 Å². The Kier molecular flexibility index (Phi) is 7.55. The number of carboxylic acid groups (broad SMARTS) is 1. The number of hydrogen-bond donors (Lipinski definition) is 3. The van der Waals surface area contributed by atoms with Crippen molar-refractivity contribution in [2.45, 2.75) is 11.8 Å². The smallest absolute Gasteiger partial charge is 0.409 e. The molecule has 2 aliphatic heterocycles. The molecule has 1 spiro atoms. The van der Waals surface area contributed by atoms with Gasteiger partial charge in [-0.3, -0.25) is 4.90 Å². The molecule has 0 aliphatic carbocycles. The molecular formula is C25H25ClN4O6S. The molecule has 0 saturated carbocycles. The Morgan fingerprint density at radius 1 is 1.24 bits per heavy atom. The van der Waals surface area contributed by atoms with E-state index in [-0.39, 0.29) is 21.4 Å². The van der Waals surface area contributed by atoms with Crippen LogP contribution in [-0.2, 0) is 10.2 Å². The number of hydrogen-bond acceptors (Lipinski definition) is 7. The number of halogens is 1. The third-order valence-corrected chi connectivity index (χ3v) is 7.22. The first kappa shape index (κ1) is 26.2. The lowest BCUT2D eigenvalue weighted by Gasteiger charge is -2.25. The van der Waals surface area contributed by atoms with Crippen LogP contribution in [0.1, 0.15) is 22.3 Å². The van der Waals surface area contributed by atoms with Crippen LogP contribution in [0.15, 0.2) is 65.4 Å². The van der Waals surface area contributed by atoms with Crippen molar-refractivity contribution in [1.29, 1.82) is 0 Å². The van der Waals surface area contributed by atoms with Gasteiger partial charge >= 0.3 is 18.1 Å². The summed E-state index contributed by atoms with van der Waals surface area (Å²) in [6, 6.07) is 10.8. The van der Waals surface area contributed by atoms with E-state index in [2.05, 4.69) is 11.9 Å². The number of thioether (sulfide) groups is 1. The molecule has 194 valence electrons. The Morgan fingerprint density at radius 3 is 2.73 bits per heavy atom. The molecule has 2 aliphatic rings. The van der Waals surface area contributed by atoms with Crippen LogP contribution in [0.5, 0.6) is 5.75 Å². The Balaban J connectivity index is 1.45. The fourth-order valence-electron chi connectivity index (χ4n) is 4.56. The quantitative estimate of drug-likeness (QED) is 0.458. The van der Waals surface area contributed by atoms with Crippen molar-refractivity contribution in [3.05, 3.63) is 81.5 Å². The fourth-order valence-corrected chi connectivity index (χ4v) is 5.32. The molecule has 2 aromatic carbocycles. The van der Waals surface area contributed by atoms with Gasteiger partial charge < -0.3 is 30.5 Å². The van der Waals surface area contributed by atoms with Gasteiger partial charge in [0.1, 0.15) is 5.75 Å². The van der Waals surface area contributed by atoms with Gasteiger partial charge in [0.25, 0.3) is 0 Å². The first-order valence-electron chi connectivity index (χ1n) is 11.2. The van der Waals surface area contributed by atoms with Crippen LogP contribution in [0, 0.1) is 0 Å². The average molecular weight is 545 g/mol. The molecule has 10 nitrogen and oxygen atoms in total. The van der Waals surface area contributed by atoms with E-state index in [1.165, 1.54) is 25.4 Å². The summed E-state index contributed by atoms with van der Waals surface area (Å²) in [5.74, 6) is -0.818. The number of likely N-dealkylation sites (tertiary alicyclic amines) is 1.